The Morgan fingerprint density at radius 2 is 1.19 bits per heavy atom. The molecule has 0 N–H and O–H groups in total. The maximum Gasteiger partial charge on any atom is 4.00 e. The molecule has 0 nitrogen and oxygen atoms in total. The van der Waals surface area contributed by atoms with Gasteiger partial charge in [0.25, 0.3) is 0 Å². The van der Waals surface area contributed by atoms with Crippen LogP contribution in [0.15, 0.2) is 34.4 Å². The molecule has 0 aliphatic heterocycles. The van der Waals surface area contributed by atoms with Gasteiger partial charge in [-0.15, -0.1) is 26.7 Å². The van der Waals surface area contributed by atoms with Crippen LogP contribution in [0.5, 0.6) is 0 Å². The van der Waals surface area contributed by atoms with Crippen LogP contribution in [0.3, 0.4) is 0 Å². The van der Waals surface area contributed by atoms with Crippen molar-refractivity contribution >= 4 is 0 Å². The molecule has 0 spiro atoms. The van der Waals surface area contributed by atoms with Crippen molar-refractivity contribution in [1.29, 1.82) is 0 Å². The molecule has 2 aliphatic carbocycles. The van der Waals surface area contributed by atoms with Gasteiger partial charge >= 0.3 is 26.2 Å². The third kappa shape index (κ3) is 5.80. The van der Waals surface area contributed by atoms with Crippen LogP contribution < -0.4 is 0 Å². The SMILES string of the molecule is CC1=[C-]CC=C1C.CC1=[C-]CC=C1C.[CH3-].[H-].[Zr+4]. The Balaban J connectivity index is -0.000000196. The molecule has 0 unspecified atom stereocenters. The average molecular weight is 294 g/mol. The predicted molar refractivity (Wildman–Crippen MR) is 69.1 cm³/mol. The van der Waals surface area contributed by atoms with E-state index in [2.05, 4.69) is 52.0 Å². The summed E-state index contributed by atoms with van der Waals surface area (Å²) in [6, 6.07) is 0. The van der Waals surface area contributed by atoms with Crippen molar-refractivity contribution in [1.82, 2.24) is 0 Å². The van der Waals surface area contributed by atoms with Crippen LogP contribution in [0.1, 0.15) is 42.0 Å². The van der Waals surface area contributed by atoms with E-state index in [4.69, 9.17) is 0 Å². The molecule has 16 heavy (non-hydrogen) atoms. The molecule has 0 fully saturated rings. The summed E-state index contributed by atoms with van der Waals surface area (Å²) in [6.45, 7) is 8.43. The Bertz CT molecular complexity index is 267. The second-order valence-electron chi connectivity index (χ2n) is 3.79. The van der Waals surface area contributed by atoms with E-state index < -0.39 is 0 Å². The largest absolute Gasteiger partial charge is 4.00 e. The van der Waals surface area contributed by atoms with E-state index in [1.807, 2.05) is 0 Å². The van der Waals surface area contributed by atoms with Gasteiger partial charge in [-0.2, -0.15) is 12.2 Å². The first kappa shape index (κ1) is 18.2. The molecule has 0 heterocycles. The minimum absolute atomic E-state index is 0. The third-order valence-electron chi connectivity index (χ3n) is 2.73. The molecule has 0 aromatic carbocycles. The van der Waals surface area contributed by atoms with Crippen molar-refractivity contribution in [3.8, 4) is 0 Å². The number of rotatable bonds is 0. The summed E-state index contributed by atoms with van der Waals surface area (Å²) in [5, 5.41) is 0. The van der Waals surface area contributed by atoms with Crippen LogP contribution in [-0.4, -0.2) is 0 Å². The standard InChI is InChI=1S/2C7H9.CH3.Zr.H/c2*1-6-4-3-5-7(6)2;;;/h2*4H,3H2,1-2H3;1H3;;/q3*-1;+4;-1. The van der Waals surface area contributed by atoms with Crippen LogP contribution >= 0.6 is 0 Å². The fourth-order valence-corrected chi connectivity index (χ4v) is 1.30. The molecule has 2 aliphatic rings. The summed E-state index contributed by atoms with van der Waals surface area (Å²) < 4.78 is 0. The summed E-state index contributed by atoms with van der Waals surface area (Å²) in [5.74, 6) is 0. The number of allylic oxidation sites excluding steroid dienone is 8. The summed E-state index contributed by atoms with van der Waals surface area (Å²) in [6.07, 6.45) is 12.8. The van der Waals surface area contributed by atoms with Crippen LogP contribution in [0, 0.1) is 19.6 Å². The van der Waals surface area contributed by atoms with E-state index in [0.29, 0.717) is 0 Å². The predicted octanol–water partition coefficient (Wildman–Crippen LogP) is 4.73. The van der Waals surface area contributed by atoms with Crippen LogP contribution in [0.25, 0.3) is 0 Å². The molecule has 0 aromatic heterocycles. The minimum atomic E-state index is 0. The summed E-state index contributed by atoms with van der Waals surface area (Å²) in [7, 11) is 0. The van der Waals surface area contributed by atoms with Crippen molar-refractivity contribution in [3.63, 3.8) is 0 Å². The van der Waals surface area contributed by atoms with Crippen molar-refractivity contribution in [2.75, 3.05) is 0 Å². The Morgan fingerprint density at radius 3 is 1.25 bits per heavy atom. The zero-order chi connectivity index (χ0) is 10.6. The van der Waals surface area contributed by atoms with E-state index in [0.717, 1.165) is 12.8 Å². The topological polar surface area (TPSA) is 0 Å². The first-order chi connectivity index (χ1) is 6.61. The summed E-state index contributed by atoms with van der Waals surface area (Å²) in [5.41, 5.74) is 5.42. The van der Waals surface area contributed by atoms with Crippen molar-refractivity contribution in [2.45, 2.75) is 40.5 Å². The fourth-order valence-electron chi connectivity index (χ4n) is 1.30. The van der Waals surface area contributed by atoms with Crippen LogP contribution in [0.4, 0.5) is 0 Å². The molecular formula is C15H22Zr. The van der Waals surface area contributed by atoms with Gasteiger partial charge in [0.1, 0.15) is 0 Å². The maximum absolute atomic E-state index is 3.19. The van der Waals surface area contributed by atoms with Gasteiger partial charge in [0.15, 0.2) is 0 Å². The maximum atomic E-state index is 3.19. The molecule has 0 amide bonds. The van der Waals surface area contributed by atoms with Crippen molar-refractivity contribution in [2.24, 2.45) is 0 Å². The molecule has 0 aromatic rings. The number of hydrogen-bond donors (Lipinski definition) is 0. The Kier molecular flexibility index (Phi) is 10.2. The fraction of sp³-hybridized carbons (Fsp3) is 0.400. The molecule has 2 rings (SSSR count). The van der Waals surface area contributed by atoms with Gasteiger partial charge in [-0.25, -0.2) is 22.3 Å². The van der Waals surface area contributed by atoms with Gasteiger partial charge in [0, 0.05) is 0 Å². The van der Waals surface area contributed by atoms with E-state index >= 15 is 0 Å². The Labute approximate surface area is 122 Å². The second kappa shape index (κ2) is 8.93. The first-order valence-electron chi connectivity index (χ1n) is 5.10. The summed E-state index contributed by atoms with van der Waals surface area (Å²) >= 11 is 0. The first-order valence-corrected chi connectivity index (χ1v) is 5.10. The zero-order valence-electron chi connectivity index (χ0n) is 12.1. The van der Waals surface area contributed by atoms with Gasteiger partial charge in [-0.1, -0.05) is 13.8 Å². The Morgan fingerprint density at radius 1 is 0.875 bits per heavy atom. The monoisotopic (exact) mass is 292 g/mol. The molecular weight excluding hydrogens is 271 g/mol. The smallest absolute Gasteiger partial charge is 1.00 e. The van der Waals surface area contributed by atoms with Crippen molar-refractivity contribution < 1.29 is 27.6 Å². The molecule has 0 atom stereocenters. The van der Waals surface area contributed by atoms with Gasteiger partial charge < -0.3 is 8.85 Å². The summed E-state index contributed by atoms with van der Waals surface area (Å²) in [4.78, 5) is 0. The van der Waals surface area contributed by atoms with Gasteiger partial charge in [-0.05, 0) is 0 Å². The normalized spacial score (nSPS) is 16.8. The molecule has 0 bridgehead atoms. The third-order valence-corrected chi connectivity index (χ3v) is 2.73. The number of hydrogen-bond acceptors (Lipinski definition) is 0. The van der Waals surface area contributed by atoms with Crippen LogP contribution in [-0.2, 0) is 26.2 Å². The zero-order valence-corrected chi connectivity index (χ0v) is 13.5. The molecule has 1 heteroatoms. The van der Waals surface area contributed by atoms with Gasteiger partial charge in [0.05, 0.1) is 0 Å². The van der Waals surface area contributed by atoms with E-state index in [1.165, 1.54) is 22.3 Å². The molecule has 0 saturated heterocycles. The minimum Gasteiger partial charge on any atom is -1.00 e. The molecule has 0 radical (unpaired) electrons. The van der Waals surface area contributed by atoms with E-state index in [9.17, 15) is 0 Å². The second-order valence-corrected chi connectivity index (χ2v) is 3.79. The quantitative estimate of drug-likeness (QED) is 0.566. The van der Waals surface area contributed by atoms with Crippen molar-refractivity contribution in [3.05, 3.63) is 54.0 Å². The Hall–Kier alpha value is -0.157. The van der Waals surface area contributed by atoms with E-state index in [1.54, 1.807) is 0 Å². The molecule has 86 valence electrons. The van der Waals surface area contributed by atoms with E-state index in [-0.39, 0.29) is 35.1 Å². The molecule has 0 saturated carbocycles. The van der Waals surface area contributed by atoms with Gasteiger partial charge in [0.2, 0.25) is 0 Å². The average Bonchev–Trinajstić information content (AvgIpc) is 2.67. The van der Waals surface area contributed by atoms with Crippen LogP contribution in [0.2, 0.25) is 0 Å². The van der Waals surface area contributed by atoms with Gasteiger partial charge in [-0.3, -0.25) is 12.2 Å².